The number of esters is 1. The standard InChI is InChI=1S/C12H21NO4/c1-3-16-11(14)12(2,13-9-4-5-9)8-17-10-6-15-7-10/h9-10,13H,3-8H2,1-2H3. The highest BCUT2D eigenvalue weighted by atomic mass is 16.6. The van der Waals surface area contributed by atoms with Crippen molar-refractivity contribution in [3.05, 3.63) is 0 Å². The summed E-state index contributed by atoms with van der Waals surface area (Å²) in [7, 11) is 0. The third-order valence-corrected chi connectivity index (χ3v) is 3.04. The average molecular weight is 243 g/mol. The van der Waals surface area contributed by atoms with Crippen LogP contribution in [0.4, 0.5) is 0 Å². The van der Waals surface area contributed by atoms with Crippen LogP contribution >= 0.6 is 0 Å². The molecule has 98 valence electrons. The van der Waals surface area contributed by atoms with Crippen LogP contribution < -0.4 is 5.32 Å². The monoisotopic (exact) mass is 243 g/mol. The molecule has 2 rings (SSSR count). The van der Waals surface area contributed by atoms with Crippen molar-refractivity contribution in [1.29, 1.82) is 0 Å². The van der Waals surface area contributed by atoms with E-state index >= 15 is 0 Å². The molecule has 1 saturated carbocycles. The first kappa shape index (κ1) is 12.8. The molecule has 1 atom stereocenters. The molecule has 0 spiro atoms. The maximum Gasteiger partial charge on any atom is 0.328 e. The average Bonchev–Trinajstić information content (AvgIpc) is 2.99. The second kappa shape index (κ2) is 5.33. The molecular formula is C12H21NO4. The van der Waals surface area contributed by atoms with Crippen LogP contribution in [0.2, 0.25) is 0 Å². The van der Waals surface area contributed by atoms with Crippen LogP contribution in [0.15, 0.2) is 0 Å². The van der Waals surface area contributed by atoms with E-state index in [1.54, 1.807) is 0 Å². The SMILES string of the molecule is CCOC(=O)C(C)(COC1COC1)NC1CC1. The third-order valence-electron chi connectivity index (χ3n) is 3.04. The number of rotatable bonds is 7. The molecule has 1 heterocycles. The van der Waals surface area contributed by atoms with E-state index in [1.165, 1.54) is 0 Å². The summed E-state index contributed by atoms with van der Waals surface area (Å²) in [6, 6.07) is 0.436. The summed E-state index contributed by atoms with van der Waals surface area (Å²) in [6.07, 6.45) is 2.38. The molecular weight excluding hydrogens is 222 g/mol. The predicted molar refractivity (Wildman–Crippen MR) is 61.8 cm³/mol. The van der Waals surface area contributed by atoms with E-state index in [-0.39, 0.29) is 12.1 Å². The fraction of sp³-hybridized carbons (Fsp3) is 0.917. The second-order valence-electron chi connectivity index (χ2n) is 4.94. The molecule has 0 aromatic heterocycles. The Hall–Kier alpha value is -0.650. The van der Waals surface area contributed by atoms with Gasteiger partial charge < -0.3 is 14.2 Å². The Morgan fingerprint density at radius 3 is 2.65 bits per heavy atom. The Labute approximate surface area is 102 Å². The van der Waals surface area contributed by atoms with E-state index in [0.29, 0.717) is 32.5 Å². The Kier molecular flexibility index (Phi) is 4.01. The molecule has 1 aliphatic carbocycles. The maximum absolute atomic E-state index is 12.0. The quantitative estimate of drug-likeness (QED) is 0.659. The Morgan fingerprint density at radius 1 is 1.47 bits per heavy atom. The van der Waals surface area contributed by atoms with Gasteiger partial charge in [0.15, 0.2) is 0 Å². The lowest BCUT2D eigenvalue weighted by molar-refractivity contribution is -0.165. The van der Waals surface area contributed by atoms with Gasteiger partial charge in [-0.25, -0.2) is 4.79 Å². The van der Waals surface area contributed by atoms with Crippen LogP contribution in [0.3, 0.4) is 0 Å². The molecule has 2 fully saturated rings. The van der Waals surface area contributed by atoms with Crippen molar-refractivity contribution in [2.45, 2.75) is 44.4 Å². The molecule has 17 heavy (non-hydrogen) atoms. The van der Waals surface area contributed by atoms with Crippen LogP contribution in [0.5, 0.6) is 0 Å². The summed E-state index contributed by atoms with van der Waals surface area (Å²) in [6.45, 7) is 5.66. The van der Waals surface area contributed by atoms with E-state index in [2.05, 4.69) is 5.32 Å². The van der Waals surface area contributed by atoms with Crippen LogP contribution in [0.1, 0.15) is 26.7 Å². The first-order valence-electron chi connectivity index (χ1n) is 6.28. The zero-order valence-corrected chi connectivity index (χ0v) is 10.5. The number of ether oxygens (including phenoxy) is 3. The molecule has 2 aliphatic rings. The van der Waals surface area contributed by atoms with Gasteiger partial charge in [0.25, 0.3) is 0 Å². The minimum absolute atomic E-state index is 0.129. The number of carbonyl (C=O) groups is 1. The largest absolute Gasteiger partial charge is 0.465 e. The minimum atomic E-state index is -0.729. The van der Waals surface area contributed by atoms with Crippen molar-refractivity contribution in [2.24, 2.45) is 0 Å². The van der Waals surface area contributed by atoms with E-state index in [9.17, 15) is 4.79 Å². The van der Waals surface area contributed by atoms with E-state index in [0.717, 1.165) is 12.8 Å². The highest BCUT2D eigenvalue weighted by molar-refractivity contribution is 5.80. The van der Waals surface area contributed by atoms with Crippen LogP contribution in [0.25, 0.3) is 0 Å². The Morgan fingerprint density at radius 2 is 2.18 bits per heavy atom. The van der Waals surface area contributed by atoms with Crippen molar-refractivity contribution >= 4 is 5.97 Å². The zero-order valence-electron chi connectivity index (χ0n) is 10.5. The molecule has 0 aromatic carbocycles. The highest BCUT2D eigenvalue weighted by Gasteiger charge is 2.41. The van der Waals surface area contributed by atoms with Crippen LogP contribution in [-0.4, -0.2) is 50.1 Å². The van der Waals surface area contributed by atoms with Gasteiger partial charge in [0.2, 0.25) is 0 Å². The normalized spacial score (nSPS) is 23.9. The first-order valence-corrected chi connectivity index (χ1v) is 6.28. The fourth-order valence-electron chi connectivity index (χ4n) is 1.72. The lowest BCUT2D eigenvalue weighted by atomic mass is 10.0. The van der Waals surface area contributed by atoms with Crippen molar-refractivity contribution in [2.75, 3.05) is 26.4 Å². The number of hydrogen-bond donors (Lipinski definition) is 1. The van der Waals surface area contributed by atoms with E-state index in [1.807, 2.05) is 13.8 Å². The molecule has 1 saturated heterocycles. The fourth-order valence-corrected chi connectivity index (χ4v) is 1.72. The third kappa shape index (κ3) is 3.40. The number of carbonyl (C=O) groups excluding carboxylic acids is 1. The summed E-state index contributed by atoms with van der Waals surface area (Å²) < 4.78 is 15.8. The van der Waals surface area contributed by atoms with Crippen molar-refractivity contribution < 1.29 is 19.0 Å². The molecule has 1 unspecified atom stereocenters. The maximum atomic E-state index is 12.0. The molecule has 0 bridgehead atoms. The van der Waals surface area contributed by atoms with Gasteiger partial charge in [-0.15, -0.1) is 0 Å². The summed E-state index contributed by atoms with van der Waals surface area (Å²) in [5, 5.41) is 3.32. The summed E-state index contributed by atoms with van der Waals surface area (Å²) >= 11 is 0. The highest BCUT2D eigenvalue weighted by Crippen LogP contribution is 2.24. The van der Waals surface area contributed by atoms with Crippen LogP contribution in [-0.2, 0) is 19.0 Å². The van der Waals surface area contributed by atoms with Gasteiger partial charge in [-0.1, -0.05) is 0 Å². The number of nitrogens with one attached hydrogen (secondary N) is 1. The van der Waals surface area contributed by atoms with Gasteiger partial charge >= 0.3 is 5.97 Å². The van der Waals surface area contributed by atoms with Gasteiger partial charge in [0, 0.05) is 6.04 Å². The lowest BCUT2D eigenvalue weighted by Gasteiger charge is -2.33. The van der Waals surface area contributed by atoms with E-state index < -0.39 is 5.54 Å². The van der Waals surface area contributed by atoms with Crippen molar-refractivity contribution in [3.63, 3.8) is 0 Å². The predicted octanol–water partition coefficient (Wildman–Crippen LogP) is 0.476. The molecule has 1 N–H and O–H groups in total. The molecule has 0 amide bonds. The van der Waals surface area contributed by atoms with Crippen molar-refractivity contribution in [3.8, 4) is 0 Å². The Balaban J connectivity index is 1.86. The zero-order chi connectivity index (χ0) is 12.3. The van der Waals surface area contributed by atoms with Gasteiger partial charge in [-0.3, -0.25) is 5.32 Å². The van der Waals surface area contributed by atoms with Gasteiger partial charge in [0.05, 0.1) is 26.4 Å². The topological polar surface area (TPSA) is 56.8 Å². The molecule has 5 heteroatoms. The smallest absolute Gasteiger partial charge is 0.328 e. The minimum Gasteiger partial charge on any atom is -0.465 e. The van der Waals surface area contributed by atoms with Gasteiger partial charge in [-0.05, 0) is 26.7 Å². The summed E-state index contributed by atoms with van der Waals surface area (Å²) in [4.78, 5) is 12.0. The molecule has 1 aliphatic heterocycles. The van der Waals surface area contributed by atoms with Crippen molar-refractivity contribution in [1.82, 2.24) is 5.32 Å². The molecule has 0 radical (unpaired) electrons. The van der Waals surface area contributed by atoms with Gasteiger partial charge in [0.1, 0.15) is 11.6 Å². The molecule has 0 aromatic rings. The second-order valence-corrected chi connectivity index (χ2v) is 4.94. The first-order chi connectivity index (χ1) is 8.14. The van der Waals surface area contributed by atoms with E-state index in [4.69, 9.17) is 14.2 Å². The number of hydrogen-bond acceptors (Lipinski definition) is 5. The molecule has 5 nitrogen and oxygen atoms in total. The van der Waals surface area contributed by atoms with Gasteiger partial charge in [-0.2, -0.15) is 0 Å². The lowest BCUT2D eigenvalue weighted by Crippen LogP contribution is -2.56. The van der Waals surface area contributed by atoms with Crippen LogP contribution in [0, 0.1) is 0 Å². The summed E-state index contributed by atoms with van der Waals surface area (Å²) in [5.41, 5.74) is -0.729. The summed E-state index contributed by atoms with van der Waals surface area (Å²) in [5.74, 6) is -0.229. The Bertz CT molecular complexity index is 276.